The van der Waals surface area contributed by atoms with Crippen LogP contribution in [0.3, 0.4) is 0 Å². The summed E-state index contributed by atoms with van der Waals surface area (Å²) in [5, 5.41) is 6.68. The Labute approximate surface area is 168 Å². The summed E-state index contributed by atoms with van der Waals surface area (Å²) in [6.45, 7) is 0. The standard InChI is InChI=1S/C23H22N2O2S/c26-23(25-20-14-16-9-10-19(20)24-16)22-12-11-21(27-22)15-5-4-8-18(13-15)28-17-6-2-1-3-7-17/h1-8,11-13,16,19-20,24H,9-10,14H2,(H,25,26)/t16-,19+,20-/m1/s1. The Bertz CT molecular complexity index is 985. The summed E-state index contributed by atoms with van der Waals surface area (Å²) in [6.07, 6.45) is 3.38. The van der Waals surface area contributed by atoms with Crippen molar-refractivity contribution in [2.75, 3.05) is 0 Å². The number of carbonyl (C=O) groups excluding carboxylic acids is 1. The van der Waals surface area contributed by atoms with E-state index in [2.05, 4.69) is 34.9 Å². The van der Waals surface area contributed by atoms with Crippen LogP contribution < -0.4 is 10.6 Å². The smallest absolute Gasteiger partial charge is 0.287 e. The van der Waals surface area contributed by atoms with E-state index >= 15 is 0 Å². The molecule has 2 aromatic carbocycles. The predicted molar refractivity (Wildman–Crippen MR) is 111 cm³/mol. The maximum absolute atomic E-state index is 12.6. The Kier molecular flexibility index (Phi) is 4.71. The SMILES string of the molecule is O=C(N[C@@H]1C[C@H]2CC[C@@H]1N2)c1ccc(-c2cccc(Sc3ccccc3)c2)o1. The van der Waals surface area contributed by atoms with Crippen molar-refractivity contribution >= 4 is 17.7 Å². The van der Waals surface area contributed by atoms with Crippen molar-refractivity contribution in [1.29, 1.82) is 0 Å². The van der Waals surface area contributed by atoms with Gasteiger partial charge in [-0.3, -0.25) is 4.79 Å². The zero-order chi connectivity index (χ0) is 18.9. The van der Waals surface area contributed by atoms with Gasteiger partial charge >= 0.3 is 0 Å². The number of benzene rings is 2. The number of hydrogen-bond acceptors (Lipinski definition) is 4. The first-order chi connectivity index (χ1) is 13.7. The highest BCUT2D eigenvalue weighted by molar-refractivity contribution is 7.99. The Morgan fingerprint density at radius 3 is 2.64 bits per heavy atom. The van der Waals surface area contributed by atoms with Gasteiger partial charge in [-0.15, -0.1) is 0 Å². The molecule has 2 N–H and O–H groups in total. The molecule has 0 aliphatic carbocycles. The summed E-state index contributed by atoms with van der Waals surface area (Å²) >= 11 is 1.71. The third kappa shape index (κ3) is 3.60. The second kappa shape index (κ2) is 7.49. The van der Waals surface area contributed by atoms with E-state index in [4.69, 9.17) is 4.42 Å². The highest BCUT2D eigenvalue weighted by Gasteiger charge is 2.39. The topological polar surface area (TPSA) is 54.3 Å². The van der Waals surface area contributed by atoms with Crippen LogP contribution >= 0.6 is 11.8 Å². The van der Waals surface area contributed by atoms with Gasteiger partial charge in [-0.1, -0.05) is 42.1 Å². The summed E-state index contributed by atoms with van der Waals surface area (Å²) in [6, 6.07) is 23.3. The van der Waals surface area contributed by atoms with E-state index < -0.39 is 0 Å². The van der Waals surface area contributed by atoms with Crippen LogP contribution in [0.25, 0.3) is 11.3 Å². The third-order valence-electron chi connectivity index (χ3n) is 5.54. The number of furan rings is 1. The molecule has 28 heavy (non-hydrogen) atoms. The lowest BCUT2D eigenvalue weighted by atomic mass is 9.95. The minimum Gasteiger partial charge on any atom is -0.451 e. The summed E-state index contributed by atoms with van der Waals surface area (Å²) in [7, 11) is 0. The molecule has 2 bridgehead atoms. The Morgan fingerprint density at radius 2 is 1.86 bits per heavy atom. The van der Waals surface area contributed by atoms with Crippen molar-refractivity contribution in [3.63, 3.8) is 0 Å². The molecule has 3 heterocycles. The number of carbonyl (C=O) groups is 1. The molecule has 2 aliphatic heterocycles. The Balaban J connectivity index is 1.29. The summed E-state index contributed by atoms with van der Waals surface area (Å²) in [4.78, 5) is 14.9. The molecule has 5 heteroatoms. The molecule has 0 saturated carbocycles. The highest BCUT2D eigenvalue weighted by Crippen LogP contribution is 2.32. The van der Waals surface area contributed by atoms with E-state index in [1.165, 1.54) is 11.3 Å². The normalized spacial score (nSPS) is 23.1. The number of hydrogen-bond donors (Lipinski definition) is 2. The molecule has 0 spiro atoms. The van der Waals surface area contributed by atoms with Crippen LogP contribution in [-0.4, -0.2) is 24.0 Å². The second-order valence-electron chi connectivity index (χ2n) is 7.47. The van der Waals surface area contributed by atoms with Gasteiger partial charge in [0.25, 0.3) is 5.91 Å². The minimum absolute atomic E-state index is 0.125. The number of nitrogens with one attached hydrogen (secondary N) is 2. The zero-order valence-corrected chi connectivity index (χ0v) is 16.2. The predicted octanol–water partition coefficient (Wildman–Crippen LogP) is 4.72. The highest BCUT2D eigenvalue weighted by atomic mass is 32.2. The zero-order valence-electron chi connectivity index (χ0n) is 15.4. The van der Waals surface area contributed by atoms with Gasteiger partial charge in [-0.05, 0) is 55.7 Å². The molecular formula is C23H22N2O2S. The minimum atomic E-state index is -0.125. The van der Waals surface area contributed by atoms with Crippen LogP contribution in [0.4, 0.5) is 0 Å². The van der Waals surface area contributed by atoms with Crippen molar-refractivity contribution < 1.29 is 9.21 Å². The molecule has 2 saturated heterocycles. The molecule has 2 aliphatic rings. The van der Waals surface area contributed by atoms with Gasteiger partial charge in [0.05, 0.1) is 0 Å². The van der Waals surface area contributed by atoms with Crippen LogP contribution in [0.5, 0.6) is 0 Å². The number of rotatable bonds is 5. The maximum atomic E-state index is 12.6. The molecule has 142 valence electrons. The average Bonchev–Trinajstić information content (AvgIpc) is 3.46. The molecule has 2 fully saturated rings. The lowest BCUT2D eigenvalue weighted by molar-refractivity contribution is 0.0903. The van der Waals surface area contributed by atoms with Crippen molar-refractivity contribution in [2.45, 2.75) is 47.2 Å². The van der Waals surface area contributed by atoms with Gasteiger partial charge in [0, 0.05) is 33.5 Å². The maximum Gasteiger partial charge on any atom is 0.287 e. The molecule has 3 atom stereocenters. The summed E-state index contributed by atoms with van der Waals surface area (Å²) in [5.41, 5.74) is 0.974. The lowest BCUT2D eigenvalue weighted by Crippen LogP contribution is -2.42. The molecule has 3 aromatic rings. The van der Waals surface area contributed by atoms with Crippen molar-refractivity contribution in [1.82, 2.24) is 10.6 Å². The monoisotopic (exact) mass is 390 g/mol. The van der Waals surface area contributed by atoms with Gasteiger partial charge in [-0.25, -0.2) is 0 Å². The molecule has 5 rings (SSSR count). The summed E-state index contributed by atoms with van der Waals surface area (Å²) < 4.78 is 5.89. The molecular weight excluding hydrogens is 368 g/mol. The first kappa shape index (κ1) is 17.6. The fourth-order valence-corrected chi connectivity index (χ4v) is 5.07. The van der Waals surface area contributed by atoms with Crippen molar-refractivity contribution in [3.8, 4) is 11.3 Å². The average molecular weight is 391 g/mol. The van der Waals surface area contributed by atoms with E-state index in [-0.39, 0.29) is 11.9 Å². The van der Waals surface area contributed by atoms with Gasteiger partial charge in [0.2, 0.25) is 0 Å². The number of fused-ring (bicyclic) bond motifs is 2. The van der Waals surface area contributed by atoms with Gasteiger partial charge < -0.3 is 15.1 Å². The van der Waals surface area contributed by atoms with E-state index in [0.29, 0.717) is 23.6 Å². The van der Waals surface area contributed by atoms with Crippen LogP contribution in [0, 0.1) is 0 Å². The van der Waals surface area contributed by atoms with Gasteiger partial charge in [-0.2, -0.15) is 0 Å². The lowest BCUT2D eigenvalue weighted by Gasteiger charge is -2.20. The van der Waals surface area contributed by atoms with Gasteiger partial charge in [0.1, 0.15) is 5.76 Å². The first-order valence-electron chi connectivity index (χ1n) is 9.75. The largest absolute Gasteiger partial charge is 0.451 e. The van der Waals surface area contributed by atoms with Crippen LogP contribution in [0.1, 0.15) is 29.8 Å². The van der Waals surface area contributed by atoms with Crippen LogP contribution in [0.2, 0.25) is 0 Å². The fraction of sp³-hybridized carbons (Fsp3) is 0.261. The molecule has 1 aromatic heterocycles. The van der Waals surface area contributed by atoms with E-state index in [1.807, 2.05) is 36.4 Å². The quantitative estimate of drug-likeness (QED) is 0.662. The summed E-state index contributed by atoms with van der Waals surface area (Å²) in [5.74, 6) is 0.964. The molecule has 4 nitrogen and oxygen atoms in total. The van der Waals surface area contributed by atoms with E-state index in [9.17, 15) is 4.79 Å². The van der Waals surface area contributed by atoms with Gasteiger partial charge in [0.15, 0.2) is 5.76 Å². The fourth-order valence-electron chi connectivity index (χ4n) is 4.18. The van der Waals surface area contributed by atoms with E-state index in [1.54, 1.807) is 17.8 Å². The molecule has 1 amide bonds. The Morgan fingerprint density at radius 1 is 1.00 bits per heavy atom. The second-order valence-corrected chi connectivity index (χ2v) is 8.62. The number of amides is 1. The third-order valence-corrected chi connectivity index (χ3v) is 6.54. The van der Waals surface area contributed by atoms with Crippen LogP contribution in [-0.2, 0) is 0 Å². The van der Waals surface area contributed by atoms with Crippen molar-refractivity contribution in [2.24, 2.45) is 0 Å². The van der Waals surface area contributed by atoms with Crippen LogP contribution in [0.15, 0.2) is 80.9 Å². The Hall–Kier alpha value is -2.50. The molecule has 0 unspecified atom stereocenters. The first-order valence-corrected chi connectivity index (χ1v) is 10.6. The van der Waals surface area contributed by atoms with Crippen molar-refractivity contribution in [3.05, 3.63) is 72.5 Å². The molecule has 0 radical (unpaired) electrons. The van der Waals surface area contributed by atoms with E-state index in [0.717, 1.165) is 23.3 Å².